The number of hydrogen-bond donors (Lipinski definition) is 0. The van der Waals surface area contributed by atoms with Crippen molar-refractivity contribution in [1.82, 2.24) is 19.4 Å². The van der Waals surface area contributed by atoms with Crippen molar-refractivity contribution in [2.75, 3.05) is 19.6 Å². The number of aromatic nitrogens is 2. The molecule has 4 aliphatic heterocycles. The maximum absolute atomic E-state index is 13.5. The standard InChI is InChI=1S/C23H24N4O3/c28-21(26-13-12-25-10-1-2-17(25)14-26)19-18-3-7-23(30-18)15-27(22(29)20(19)23)11-6-16-4-8-24-9-5-16/h1-5,7-10,18-20H,6,11-15H2/t18-,19?,20?,23-/m0/s1. The van der Waals surface area contributed by atoms with Crippen molar-refractivity contribution >= 4 is 11.8 Å². The maximum atomic E-state index is 13.5. The van der Waals surface area contributed by atoms with Crippen LogP contribution in [-0.4, -0.2) is 62.5 Å². The summed E-state index contributed by atoms with van der Waals surface area (Å²) in [6, 6.07) is 8.02. The Morgan fingerprint density at radius 3 is 2.97 bits per heavy atom. The second-order valence-corrected chi connectivity index (χ2v) is 8.72. The number of rotatable bonds is 4. The molecule has 0 aromatic carbocycles. The fraction of sp³-hybridized carbons (Fsp3) is 0.435. The average molecular weight is 404 g/mol. The van der Waals surface area contributed by atoms with Crippen molar-refractivity contribution in [3.05, 3.63) is 66.3 Å². The summed E-state index contributed by atoms with van der Waals surface area (Å²) >= 11 is 0. The molecule has 154 valence electrons. The summed E-state index contributed by atoms with van der Waals surface area (Å²) in [5.41, 5.74) is 1.65. The van der Waals surface area contributed by atoms with Gasteiger partial charge in [0.2, 0.25) is 11.8 Å². The number of pyridine rings is 1. The molecular formula is C23H24N4O3. The molecule has 0 saturated carbocycles. The van der Waals surface area contributed by atoms with Crippen LogP contribution < -0.4 is 0 Å². The van der Waals surface area contributed by atoms with Crippen LogP contribution in [0.3, 0.4) is 0 Å². The van der Waals surface area contributed by atoms with Gasteiger partial charge in [-0.2, -0.15) is 0 Å². The second kappa shape index (κ2) is 6.54. The lowest BCUT2D eigenvalue weighted by molar-refractivity contribution is -0.144. The van der Waals surface area contributed by atoms with Crippen LogP contribution in [-0.2, 0) is 33.8 Å². The Labute approximate surface area is 174 Å². The van der Waals surface area contributed by atoms with Gasteiger partial charge in [-0.3, -0.25) is 14.6 Å². The predicted molar refractivity (Wildman–Crippen MR) is 108 cm³/mol. The first-order valence-corrected chi connectivity index (χ1v) is 10.6. The van der Waals surface area contributed by atoms with Gasteiger partial charge < -0.3 is 19.1 Å². The van der Waals surface area contributed by atoms with E-state index in [9.17, 15) is 9.59 Å². The van der Waals surface area contributed by atoms with E-state index in [1.165, 1.54) is 0 Å². The van der Waals surface area contributed by atoms with Crippen LogP contribution in [0.1, 0.15) is 11.3 Å². The number of carbonyl (C=O) groups excluding carboxylic acids is 2. The summed E-state index contributed by atoms with van der Waals surface area (Å²) in [5, 5.41) is 0. The number of fused-ring (bicyclic) bond motifs is 2. The zero-order valence-electron chi connectivity index (χ0n) is 16.7. The van der Waals surface area contributed by atoms with Gasteiger partial charge in [0.1, 0.15) is 5.60 Å². The van der Waals surface area contributed by atoms with Gasteiger partial charge >= 0.3 is 0 Å². The van der Waals surface area contributed by atoms with Crippen molar-refractivity contribution < 1.29 is 14.3 Å². The molecule has 4 atom stereocenters. The number of ether oxygens (including phenoxy) is 1. The van der Waals surface area contributed by atoms with E-state index in [4.69, 9.17) is 4.74 Å². The van der Waals surface area contributed by atoms with E-state index >= 15 is 0 Å². The third-order valence-electron chi connectivity index (χ3n) is 7.08. The van der Waals surface area contributed by atoms with Gasteiger partial charge in [-0.1, -0.05) is 12.2 Å². The molecule has 0 radical (unpaired) electrons. The van der Waals surface area contributed by atoms with Crippen molar-refractivity contribution in [2.24, 2.45) is 11.8 Å². The number of likely N-dealkylation sites (tertiary alicyclic amines) is 1. The fourth-order valence-electron chi connectivity index (χ4n) is 5.58. The minimum atomic E-state index is -0.643. The maximum Gasteiger partial charge on any atom is 0.230 e. The molecule has 2 fully saturated rings. The van der Waals surface area contributed by atoms with Crippen molar-refractivity contribution in [3.63, 3.8) is 0 Å². The molecule has 7 nitrogen and oxygen atoms in total. The normalized spacial score (nSPS) is 31.3. The lowest BCUT2D eigenvalue weighted by Crippen LogP contribution is -2.48. The molecule has 6 rings (SSSR count). The van der Waals surface area contributed by atoms with E-state index < -0.39 is 17.4 Å². The van der Waals surface area contributed by atoms with Gasteiger partial charge in [-0.05, 0) is 36.2 Å². The lowest BCUT2D eigenvalue weighted by Gasteiger charge is -2.33. The van der Waals surface area contributed by atoms with E-state index in [0.29, 0.717) is 26.2 Å². The highest BCUT2D eigenvalue weighted by Crippen LogP contribution is 2.52. The van der Waals surface area contributed by atoms with Crippen LogP contribution in [0.5, 0.6) is 0 Å². The minimum Gasteiger partial charge on any atom is -0.360 e. The Kier molecular flexibility index (Phi) is 3.90. The Morgan fingerprint density at radius 1 is 1.23 bits per heavy atom. The third-order valence-corrected chi connectivity index (χ3v) is 7.08. The van der Waals surface area contributed by atoms with Crippen LogP contribution >= 0.6 is 0 Å². The quantitative estimate of drug-likeness (QED) is 0.720. The first-order valence-electron chi connectivity index (χ1n) is 10.6. The Hall–Kier alpha value is -2.93. The highest BCUT2D eigenvalue weighted by Gasteiger charge is 2.67. The Morgan fingerprint density at radius 2 is 2.10 bits per heavy atom. The van der Waals surface area contributed by atoms with Crippen LogP contribution in [0.25, 0.3) is 0 Å². The summed E-state index contributed by atoms with van der Waals surface area (Å²) in [7, 11) is 0. The Bertz CT molecular complexity index is 1030. The largest absolute Gasteiger partial charge is 0.360 e. The third kappa shape index (κ3) is 2.58. The molecular weight excluding hydrogens is 380 g/mol. The van der Waals surface area contributed by atoms with Gasteiger partial charge in [0.25, 0.3) is 0 Å². The average Bonchev–Trinajstić information content (AvgIpc) is 3.53. The summed E-state index contributed by atoms with van der Waals surface area (Å²) in [6.07, 6.45) is 10.1. The monoisotopic (exact) mass is 404 g/mol. The van der Waals surface area contributed by atoms with Gasteiger partial charge in [0, 0.05) is 43.9 Å². The molecule has 2 aromatic rings. The summed E-state index contributed by atoms with van der Waals surface area (Å²) in [6.45, 7) is 3.22. The highest BCUT2D eigenvalue weighted by atomic mass is 16.5. The SMILES string of the molecule is O=C(C1C2C(=O)N(CCc3ccncc3)C[C@@]23C=C[C@@H]1O3)N1CCn2cccc2C1. The van der Waals surface area contributed by atoms with Crippen LogP contribution in [0.15, 0.2) is 55.0 Å². The van der Waals surface area contributed by atoms with Crippen molar-refractivity contribution in [2.45, 2.75) is 31.2 Å². The van der Waals surface area contributed by atoms with Crippen LogP contribution in [0.2, 0.25) is 0 Å². The van der Waals surface area contributed by atoms with Crippen molar-refractivity contribution in [3.8, 4) is 0 Å². The van der Waals surface area contributed by atoms with E-state index in [-0.39, 0.29) is 17.9 Å². The molecule has 2 aromatic heterocycles. The predicted octanol–water partition coefficient (Wildman–Crippen LogP) is 1.25. The molecule has 2 amide bonds. The zero-order valence-corrected chi connectivity index (χ0v) is 16.7. The molecule has 30 heavy (non-hydrogen) atoms. The molecule has 1 spiro atoms. The first-order chi connectivity index (χ1) is 14.6. The highest BCUT2D eigenvalue weighted by molar-refractivity contribution is 5.93. The van der Waals surface area contributed by atoms with Crippen LogP contribution in [0, 0.1) is 11.8 Å². The molecule has 0 aliphatic carbocycles. The molecule has 7 heteroatoms. The second-order valence-electron chi connectivity index (χ2n) is 8.72. The molecule has 2 saturated heterocycles. The minimum absolute atomic E-state index is 0.0491. The summed E-state index contributed by atoms with van der Waals surface area (Å²) in [4.78, 5) is 34.7. The Balaban J connectivity index is 1.21. The van der Waals surface area contributed by atoms with Gasteiger partial charge in [0.15, 0.2) is 0 Å². The molecule has 0 N–H and O–H groups in total. The summed E-state index contributed by atoms with van der Waals surface area (Å²) < 4.78 is 8.46. The lowest BCUT2D eigenvalue weighted by atomic mass is 9.76. The van der Waals surface area contributed by atoms with Crippen LogP contribution in [0.4, 0.5) is 0 Å². The van der Waals surface area contributed by atoms with Crippen molar-refractivity contribution in [1.29, 1.82) is 0 Å². The van der Waals surface area contributed by atoms with E-state index in [1.54, 1.807) is 12.4 Å². The number of hydrogen-bond acceptors (Lipinski definition) is 4. The van der Waals surface area contributed by atoms with E-state index in [1.807, 2.05) is 40.2 Å². The molecule has 6 heterocycles. The van der Waals surface area contributed by atoms with E-state index in [0.717, 1.165) is 24.2 Å². The molecule has 4 aliphatic rings. The molecule has 2 unspecified atom stereocenters. The van der Waals surface area contributed by atoms with Gasteiger partial charge in [-0.25, -0.2) is 0 Å². The fourth-order valence-corrected chi connectivity index (χ4v) is 5.58. The smallest absolute Gasteiger partial charge is 0.230 e. The number of nitrogens with zero attached hydrogens (tertiary/aromatic N) is 4. The summed E-state index contributed by atoms with van der Waals surface area (Å²) in [5.74, 6) is -0.733. The topological polar surface area (TPSA) is 67.7 Å². The zero-order chi connectivity index (χ0) is 20.3. The molecule has 2 bridgehead atoms. The number of carbonyl (C=O) groups is 2. The van der Waals surface area contributed by atoms with Gasteiger partial charge in [0.05, 0.1) is 31.0 Å². The first kappa shape index (κ1) is 17.9. The van der Waals surface area contributed by atoms with E-state index in [2.05, 4.69) is 21.8 Å². The number of amides is 2. The van der Waals surface area contributed by atoms with Gasteiger partial charge in [-0.15, -0.1) is 0 Å².